The Morgan fingerprint density at radius 2 is 2.50 bits per heavy atom. The van der Waals surface area contributed by atoms with Crippen LogP contribution in [0.25, 0.3) is 0 Å². The molecule has 2 rings (SSSR count). The Labute approximate surface area is 70.3 Å². The van der Waals surface area contributed by atoms with E-state index in [1.54, 1.807) is 18.7 Å². The van der Waals surface area contributed by atoms with Gasteiger partial charge in [0.05, 0.1) is 6.34 Å². The molecule has 59 valence electrons. The van der Waals surface area contributed by atoms with Crippen LogP contribution in [0.4, 0.5) is 5.82 Å². The van der Waals surface area contributed by atoms with Gasteiger partial charge in [-0.25, -0.2) is 15.0 Å². The Kier molecular flexibility index (Phi) is 1.82. The zero-order chi connectivity index (χ0) is 8.23. The minimum atomic E-state index is 0.800. The highest BCUT2D eigenvalue weighted by Gasteiger charge is 2.03. The zero-order valence-electron chi connectivity index (χ0n) is 6.38. The van der Waals surface area contributed by atoms with Crippen LogP contribution in [-0.2, 0) is 0 Å². The average Bonchev–Trinajstić information content (AvgIpc) is 2.21. The number of rotatable bonds is 1. The predicted molar refractivity (Wildman–Crippen MR) is 45.8 cm³/mol. The predicted octanol–water partition coefficient (Wildman–Crippen LogP) is 0.639. The van der Waals surface area contributed by atoms with E-state index in [1.807, 2.05) is 17.0 Å². The molecule has 0 saturated carbocycles. The topological polar surface area (TPSA) is 41.4 Å². The van der Waals surface area contributed by atoms with Crippen molar-refractivity contribution in [1.29, 1.82) is 0 Å². The van der Waals surface area contributed by atoms with Gasteiger partial charge in [-0.05, 0) is 12.1 Å². The van der Waals surface area contributed by atoms with Gasteiger partial charge >= 0.3 is 0 Å². The second kappa shape index (κ2) is 3.13. The number of hydrogen-bond acceptors (Lipinski definition) is 4. The summed E-state index contributed by atoms with van der Waals surface area (Å²) in [5.41, 5.74) is 0. The number of aliphatic imine (C=N–C) groups is 1. The van der Waals surface area contributed by atoms with E-state index < -0.39 is 0 Å². The fraction of sp³-hybridized carbons (Fsp3) is 0.125. The second-order valence-electron chi connectivity index (χ2n) is 2.32. The van der Waals surface area contributed by atoms with Crippen molar-refractivity contribution in [1.82, 2.24) is 9.97 Å². The van der Waals surface area contributed by atoms with Crippen molar-refractivity contribution in [2.24, 2.45) is 4.99 Å². The van der Waals surface area contributed by atoms with Crippen molar-refractivity contribution >= 4 is 12.2 Å². The third-order valence-electron chi connectivity index (χ3n) is 1.51. The monoisotopic (exact) mass is 159 g/mol. The summed E-state index contributed by atoms with van der Waals surface area (Å²) in [6.07, 6.45) is 9.65. The summed E-state index contributed by atoms with van der Waals surface area (Å²) in [6, 6.07) is 1.82. The molecule has 0 fully saturated rings. The van der Waals surface area contributed by atoms with E-state index in [9.17, 15) is 0 Å². The fourth-order valence-electron chi connectivity index (χ4n) is 0.955. The lowest BCUT2D eigenvalue weighted by Gasteiger charge is -2.17. The van der Waals surface area contributed by atoms with Gasteiger partial charge in [0.15, 0.2) is 6.33 Å². The summed E-state index contributed by atoms with van der Waals surface area (Å²) in [5, 5.41) is 0. The van der Waals surface area contributed by atoms with Crippen LogP contribution in [-0.4, -0.2) is 22.9 Å². The van der Waals surface area contributed by atoms with Crippen molar-refractivity contribution in [2.75, 3.05) is 11.4 Å². The summed E-state index contributed by atoms with van der Waals surface area (Å²) in [6.45, 7) is 0.800. The molecule has 0 aliphatic carbocycles. The lowest BCUT2D eigenvalue weighted by molar-refractivity contribution is 1.04. The third-order valence-corrected chi connectivity index (χ3v) is 1.51. The molecule has 0 aromatic carbocycles. The molecule has 12 heavy (non-hydrogen) atoms. The maximum Gasteiger partial charge on any atom is 0.199 e. The molecule has 0 saturated heterocycles. The van der Waals surface area contributed by atoms with E-state index in [1.165, 1.54) is 0 Å². The summed E-state index contributed by atoms with van der Waals surface area (Å²) in [5.74, 6) is 0.818. The minimum Gasteiger partial charge on any atom is -0.313 e. The lowest BCUT2D eigenvalue weighted by atomic mass is 10.4. The van der Waals surface area contributed by atoms with Crippen LogP contribution >= 0.6 is 0 Å². The molecule has 0 bridgehead atoms. The molecule has 1 radical (unpaired) electrons. The number of hydrogen-bond donors (Lipinski definition) is 0. The lowest BCUT2D eigenvalue weighted by Crippen LogP contribution is -2.23. The zero-order valence-corrected chi connectivity index (χ0v) is 6.38. The normalized spacial score (nSPS) is 15.2. The van der Waals surface area contributed by atoms with Gasteiger partial charge in [-0.15, -0.1) is 0 Å². The second-order valence-corrected chi connectivity index (χ2v) is 2.32. The molecule has 1 aromatic heterocycles. The van der Waals surface area contributed by atoms with E-state index in [0.717, 1.165) is 12.4 Å². The van der Waals surface area contributed by atoms with Gasteiger partial charge in [-0.2, -0.15) is 0 Å². The number of aromatic nitrogens is 2. The maximum atomic E-state index is 3.98. The smallest absolute Gasteiger partial charge is 0.199 e. The molecule has 1 aliphatic rings. The van der Waals surface area contributed by atoms with Crippen molar-refractivity contribution in [3.63, 3.8) is 0 Å². The Balaban J connectivity index is 2.21. The first-order chi connectivity index (χ1) is 5.97. The Morgan fingerprint density at radius 3 is 3.17 bits per heavy atom. The van der Waals surface area contributed by atoms with E-state index in [-0.39, 0.29) is 0 Å². The van der Waals surface area contributed by atoms with Gasteiger partial charge in [0.25, 0.3) is 0 Å². The quantitative estimate of drug-likeness (QED) is 0.603. The molecule has 2 heterocycles. The van der Waals surface area contributed by atoms with E-state index in [4.69, 9.17) is 0 Å². The molecule has 0 N–H and O–H groups in total. The van der Waals surface area contributed by atoms with E-state index in [0.29, 0.717) is 0 Å². The number of anilines is 1. The van der Waals surface area contributed by atoms with E-state index in [2.05, 4.69) is 21.3 Å². The van der Waals surface area contributed by atoms with Crippen LogP contribution in [0.1, 0.15) is 0 Å². The van der Waals surface area contributed by atoms with Crippen LogP contribution in [0.3, 0.4) is 0 Å². The molecular formula is C8H7N4. The molecule has 0 spiro atoms. The van der Waals surface area contributed by atoms with Crippen molar-refractivity contribution < 1.29 is 0 Å². The molecular weight excluding hydrogens is 152 g/mol. The molecule has 0 amide bonds. The molecule has 1 aromatic rings. The molecule has 0 atom stereocenters. The third kappa shape index (κ3) is 1.32. The van der Waals surface area contributed by atoms with E-state index >= 15 is 0 Å². The summed E-state index contributed by atoms with van der Waals surface area (Å²) in [4.78, 5) is 13.6. The first-order valence-corrected chi connectivity index (χ1v) is 3.61. The highest BCUT2D eigenvalue weighted by atomic mass is 15.2. The molecule has 4 nitrogen and oxygen atoms in total. The Hall–Kier alpha value is -1.71. The van der Waals surface area contributed by atoms with Crippen molar-refractivity contribution in [3.05, 3.63) is 30.9 Å². The van der Waals surface area contributed by atoms with Crippen LogP contribution in [0.15, 0.2) is 29.5 Å². The van der Waals surface area contributed by atoms with Crippen LogP contribution in [0, 0.1) is 6.33 Å². The standard InChI is InChI=1S/C8H7N4/c1-3-10-7-12(5-1)8-2-4-9-6-11-8/h1-4,7H,5H2. The summed E-state index contributed by atoms with van der Waals surface area (Å²) >= 11 is 0. The maximum absolute atomic E-state index is 3.98. The van der Waals surface area contributed by atoms with Gasteiger partial charge in [0.1, 0.15) is 5.82 Å². The molecule has 0 unspecified atom stereocenters. The van der Waals surface area contributed by atoms with Crippen LogP contribution in [0.5, 0.6) is 0 Å². The van der Waals surface area contributed by atoms with Gasteiger partial charge in [-0.3, -0.25) is 0 Å². The van der Waals surface area contributed by atoms with Gasteiger partial charge in [0.2, 0.25) is 0 Å². The molecule has 1 aliphatic heterocycles. The SMILES string of the molecule is [c]1nccc(N2C=NC=CC2)n1. The van der Waals surface area contributed by atoms with Gasteiger partial charge in [-0.1, -0.05) is 0 Å². The highest BCUT2D eigenvalue weighted by molar-refractivity contribution is 5.78. The number of nitrogens with zero attached hydrogens (tertiary/aromatic N) is 4. The summed E-state index contributed by atoms with van der Waals surface area (Å²) in [7, 11) is 0. The summed E-state index contributed by atoms with van der Waals surface area (Å²) < 4.78 is 0. The van der Waals surface area contributed by atoms with Crippen LogP contribution in [0.2, 0.25) is 0 Å². The largest absolute Gasteiger partial charge is 0.313 e. The van der Waals surface area contributed by atoms with Crippen LogP contribution < -0.4 is 4.90 Å². The Morgan fingerprint density at radius 1 is 1.50 bits per heavy atom. The minimum absolute atomic E-state index is 0.800. The van der Waals surface area contributed by atoms with Crippen molar-refractivity contribution in [2.45, 2.75) is 0 Å². The van der Waals surface area contributed by atoms with Gasteiger partial charge < -0.3 is 4.90 Å². The highest BCUT2D eigenvalue weighted by Crippen LogP contribution is 2.07. The fourth-order valence-corrected chi connectivity index (χ4v) is 0.955. The average molecular weight is 159 g/mol. The molecule has 4 heteroatoms. The first-order valence-electron chi connectivity index (χ1n) is 3.61. The van der Waals surface area contributed by atoms with Crippen molar-refractivity contribution in [3.8, 4) is 0 Å². The first kappa shape index (κ1) is 6.97. The van der Waals surface area contributed by atoms with Gasteiger partial charge in [0, 0.05) is 18.9 Å². The Bertz CT molecular complexity index is 304.